The van der Waals surface area contributed by atoms with Crippen molar-refractivity contribution in [3.05, 3.63) is 57.8 Å². The van der Waals surface area contributed by atoms with Crippen LogP contribution in [0.4, 0.5) is 0 Å². The molecule has 0 bridgehead atoms. The van der Waals surface area contributed by atoms with E-state index in [0.717, 1.165) is 38.9 Å². The van der Waals surface area contributed by atoms with Gasteiger partial charge < -0.3 is 16.0 Å². The Balaban J connectivity index is 0.00000261. The van der Waals surface area contributed by atoms with Crippen LogP contribution in [0.25, 0.3) is 0 Å². The van der Waals surface area contributed by atoms with Gasteiger partial charge in [-0.2, -0.15) is 0 Å². The van der Waals surface area contributed by atoms with Crippen LogP contribution in [0.3, 0.4) is 0 Å². The van der Waals surface area contributed by atoms with Crippen molar-refractivity contribution in [2.45, 2.75) is 32.2 Å². The van der Waals surface area contributed by atoms with Crippen LogP contribution in [0.2, 0.25) is 0 Å². The number of nitrogens with zero attached hydrogens (tertiary/aromatic N) is 2. The van der Waals surface area contributed by atoms with E-state index in [1.165, 1.54) is 16.0 Å². The molecule has 1 aromatic carbocycles. The van der Waals surface area contributed by atoms with Gasteiger partial charge in [-0.15, -0.1) is 35.3 Å². The highest BCUT2D eigenvalue weighted by molar-refractivity contribution is 14.0. The normalized spacial score (nSPS) is 13.6. The molecule has 0 unspecified atom stereocenters. The molecule has 0 aliphatic carbocycles. The van der Waals surface area contributed by atoms with Gasteiger partial charge in [0.2, 0.25) is 5.91 Å². The number of carbonyl (C=O) groups is 1. The molecular formula is C20H27IN4OS. The van der Waals surface area contributed by atoms with Crippen molar-refractivity contribution < 1.29 is 4.79 Å². The van der Waals surface area contributed by atoms with Gasteiger partial charge in [-0.25, -0.2) is 0 Å². The zero-order valence-electron chi connectivity index (χ0n) is 15.4. The molecule has 1 aliphatic rings. The average Bonchev–Trinajstić information content (AvgIpc) is 3.18. The molecule has 7 heteroatoms. The van der Waals surface area contributed by atoms with Crippen molar-refractivity contribution in [3.63, 3.8) is 0 Å². The Labute approximate surface area is 182 Å². The Kier molecular flexibility index (Phi) is 9.06. The van der Waals surface area contributed by atoms with E-state index in [-0.39, 0.29) is 29.9 Å². The number of nitrogens with two attached hydrogens (primary N) is 1. The predicted octanol–water partition coefficient (Wildman–Crippen LogP) is 3.18. The van der Waals surface area contributed by atoms with Gasteiger partial charge in [-0.05, 0) is 41.8 Å². The van der Waals surface area contributed by atoms with Crippen molar-refractivity contribution in [1.29, 1.82) is 0 Å². The molecule has 0 fully saturated rings. The minimum Gasteiger partial charge on any atom is -0.370 e. The Morgan fingerprint density at radius 3 is 2.81 bits per heavy atom. The van der Waals surface area contributed by atoms with Crippen molar-refractivity contribution in [1.82, 2.24) is 10.2 Å². The first-order valence-electron chi connectivity index (χ1n) is 9.13. The van der Waals surface area contributed by atoms with Gasteiger partial charge in [0.1, 0.15) is 0 Å². The number of halogens is 1. The monoisotopic (exact) mass is 498 g/mol. The molecule has 2 heterocycles. The fraction of sp³-hybridized carbons (Fsp3) is 0.400. The molecule has 1 amide bonds. The van der Waals surface area contributed by atoms with E-state index < -0.39 is 0 Å². The minimum atomic E-state index is 0. The first-order chi connectivity index (χ1) is 12.7. The standard InChI is InChI=1S/C20H26N4OS.HI/c21-20(23-12-9-18-7-4-14-26-18)22-11-3-8-19(25)24-13-10-16-5-1-2-6-17(16)15-24;/h1-2,4-7,14H,3,8-13,15H2,(H3,21,22,23);1H. The Bertz CT molecular complexity index is 748. The molecule has 0 radical (unpaired) electrons. The second kappa shape index (κ2) is 11.3. The van der Waals surface area contributed by atoms with Gasteiger partial charge in [0.15, 0.2) is 5.96 Å². The van der Waals surface area contributed by atoms with Crippen molar-refractivity contribution in [3.8, 4) is 0 Å². The molecule has 3 N–H and O–H groups in total. The second-order valence-electron chi connectivity index (χ2n) is 6.46. The number of nitrogens with one attached hydrogen (secondary N) is 1. The third-order valence-electron chi connectivity index (χ3n) is 4.57. The smallest absolute Gasteiger partial charge is 0.222 e. The summed E-state index contributed by atoms with van der Waals surface area (Å²) < 4.78 is 0. The first-order valence-corrected chi connectivity index (χ1v) is 10.0. The van der Waals surface area contributed by atoms with Gasteiger partial charge in [-0.1, -0.05) is 30.3 Å². The maximum Gasteiger partial charge on any atom is 0.222 e. The van der Waals surface area contributed by atoms with Gasteiger partial charge in [-0.3, -0.25) is 9.79 Å². The van der Waals surface area contributed by atoms with Crippen molar-refractivity contribution >= 4 is 47.2 Å². The van der Waals surface area contributed by atoms with Crippen LogP contribution in [-0.2, 0) is 24.2 Å². The Hall–Kier alpha value is -1.61. The zero-order valence-corrected chi connectivity index (χ0v) is 18.5. The molecule has 3 rings (SSSR count). The molecule has 0 atom stereocenters. The van der Waals surface area contributed by atoms with E-state index in [9.17, 15) is 4.79 Å². The summed E-state index contributed by atoms with van der Waals surface area (Å²) >= 11 is 1.75. The number of carbonyl (C=O) groups excluding carboxylic acids is 1. The molecule has 0 saturated heterocycles. The largest absolute Gasteiger partial charge is 0.370 e. The van der Waals surface area contributed by atoms with Gasteiger partial charge in [0.25, 0.3) is 0 Å². The molecule has 0 spiro atoms. The summed E-state index contributed by atoms with van der Waals surface area (Å²) in [5.41, 5.74) is 8.50. The van der Waals surface area contributed by atoms with Crippen LogP contribution in [0.1, 0.15) is 28.8 Å². The minimum absolute atomic E-state index is 0. The molecule has 1 aliphatic heterocycles. The number of benzene rings is 1. The lowest BCUT2D eigenvalue weighted by molar-refractivity contribution is -0.132. The average molecular weight is 498 g/mol. The summed E-state index contributed by atoms with van der Waals surface area (Å²) in [5, 5.41) is 5.20. The number of hydrogen-bond donors (Lipinski definition) is 2. The van der Waals surface area contributed by atoms with Gasteiger partial charge in [0.05, 0.1) is 0 Å². The number of thiophene rings is 1. The molecule has 2 aromatic rings. The number of amides is 1. The van der Waals surface area contributed by atoms with E-state index in [1.807, 2.05) is 11.0 Å². The molecule has 1 aromatic heterocycles. The summed E-state index contributed by atoms with van der Waals surface area (Å²) in [6.45, 7) is 2.90. The Morgan fingerprint density at radius 2 is 2.04 bits per heavy atom. The van der Waals surface area contributed by atoms with Crippen LogP contribution in [-0.4, -0.2) is 36.4 Å². The van der Waals surface area contributed by atoms with Crippen LogP contribution in [0.15, 0.2) is 46.8 Å². The molecule has 0 saturated carbocycles. The molecule has 146 valence electrons. The zero-order chi connectivity index (χ0) is 18.2. The lowest BCUT2D eigenvalue weighted by Gasteiger charge is -2.28. The van der Waals surface area contributed by atoms with E-state index in [1.54, 1.807) is 11.3 Å². The van der Waals surface area contributed by atoms with E-state index >= 15 is 0 Å². The van der Waals surface area contributed by atoms with E-state index in [2.05, 4.69) is 46.0 Å². The predicted molar refractivity (Wildman–Crippen MR) is 123 cm³/mol. The summed E-state index contributed by atoms with van der Waals surface area (Å²) in [5.74, 6) is 0.667. The third kappa shape index (κ3) is 6.80. The van der Waals surface area contributed by atoms with Crippen LogP contribution in [0.5, 0.6) is 0 Å². The van der Waals surface area contributed by atoms with Crippen LogP contribution >= 0.6 is 35.3 Å². The highest BCUT2D eigenvalue weighted by Gasteiger charge is 2.19. The molecule has 27 heavy (non-hydrogen) atoms. The highest BCUT2D eigenvalue weighted by atomic mass is 127. The fourth-order valence-electron chi connectivity index (χ4n) is 3.12. The lowest BCUT2D eigenvalue weighted by atomic mass is 9.99. The number of rotatable bonds is 7. The quantitative estimate of drug-likeness (QED) is 0.267. The van der Waals surface area contributed by atoms with Crippen molar-refractivity contribution in [2.75, 3.05) is 19.6 Å². The summed E-state index contributed by atoms with van der Waals surface area (Å²) in [6.07, 6.45) is 3.14. The van der Waals surface area contributed by atoms with E-state index in [4.69, 9.17) is 5.73 Å². The third-order valence-corrected chi connectivity index (χ3v) is 5.51. The molecule has 5 nitrogen and oxygen atoms in total. The van der Waals surface area contributed by atoms with Gasteiger partial charge in [0, 0.05) is 37.5 Å². The molecular weight excluding hydrogens is 471 g/mol. The van der Waals surface area contributed by atoms with Crippen LogP contribution in [0, 0.1) is 0 Å². The Morgan fingerprint density at radius 1 is 1.22 bits per heavy atom. The topological polar surface area (TPSA) is 70.7 Å². The number of hydrogen-bond acceptors (Lipinski definition) is 3. The van der Waals surface area contributed by atoms with Crippen molar-refractivity contribution in [2.24, 2.45) is 10.7 Å². The highest BCUT2D eigenvalue weighted by Crippen LogP contribution is 2.19. The lowest BCUT2D eigenvalue weighted by Crippen LogP contribution is -2.36. The number of fused-ring (bicyclic) bond motifs is 1. The summed E-state index contributed by atoms with van der Waals surface area (Å²) in [6, 6.07) is 12.5. The van der Waals surface area contributed by atoms with E-state index in [0.29, 0.717) is 18.9 Å². The second-order valence-corrected chi connectivity index (χ2v) is 7.49. The maximum atomic E-state index is 12.4. The summed E-state index contributed by atoms with van der Waals surface area (Å²) in [7, 11) is 0. The number of aliphatic imine (C=N–C) groups is 1. The number of guanidine groups is 1. The fourth-order valence-corrected chi connectivity index (χ4v) is 3.83. The first kappa shape index (κ1) is 21.7. The van der Waals surface area contributed by atoms with Crippen LogP contribution < -0.4 is 11.1 Å². The summed E-state index contributed by atoms with van der Waals surface area (Å²) in [4.78, 5) is 20.0. The maximum absolute atomic E-state index is 12.4. The van der Waals surface area contributed by atoms with Gasteiger partial charge >= 0.3 is 0 Å². The SMILES string of the molecule is I.NC(=NCCCC(=O)N1CCc2ccccc2C1)NCCc1cccs1.